The van der Waals surface area contributed by atoms with Crippen molar-refractivity contribution in [2.45, 2.75) is 33.1 Å². The van der Waals surface area contributed by atoms with Gasteiger partial charge in [-0.05, 0) is 55.0 Å². The second-order valence-electron chi connectivity index (χ2n) is 6.65. The molecular formula is C22H24N2O2. The molecule has 2 aromatic rings. The predicted molar refractivity (Wildman–Crippen MR) is 105 cm³/mol. The predicted octanol–water partition coefficient (Wildman–Crippen LogP) is 3.87. The summed E-state index contributed by atoms with van der Waals surface area (Å²) in [5.74, 6) is -0.495. The summed E-state index contributed by atoms with van der Waals surface area (Å²) < 4.78 is 0. The van der Waals surface area contributed by atoms with Gasteiger partial charge in [-0.2, -0.15) is 0 Å². The number of allylic oxidation sites excluding steroid dienone is 1. The SMILES string of the molecule is CC/C(=C/C(=O)N1CCCc2c(C(N)=O)cccc21)c1ccc(C)cc1. The van der Waals surface area contributed by atoms with Gasteiger partial charge in [0.1, 0.15) is 0 Å². The van der Waals surface area contributed by atoms with Crippen LogP contribution >= 0.6 is 0 Å². The maximum atomic E-state index is 13.0. The van der Waals surface area contributed by atoms with Crippen molar-refractivity contribution in [2.75, 3.05) is 11.4 Å². The first-order chi connectivity index (χ1) is 12.5. The summed E-state index contributed by atoms with van der Waals surface area (Å²) in [6.45, 7) is 4.75. The Bertz CT molecular complexity index is 866. The van der Waals surface area contributed by atoms with Crippen molar-refractivity contribution in [3.8, 4) is 0 Å². The summed E-state index contributed by atoms with van der Waals surface area (Å²) in [4.78, 5) is 26.4. The van der Waals surface area contributed by atoms with Crippen LogP contribution in [0.5, 0.6) is 0 Å². The number of carbonyl (C=O) groups is 2. The van der Waals surface area contributed by atoms with Crippen molar-refractivity contribution in [1.82, 2.24) is 0 Å². The lowest BCUT2D eigenvalue weighted by molar-refractivity contribution is -0.114. The maximum Gasteiger partial charge on any atom is 0.251 e. The maximum absolute atomic E-state index is 13.0. The van der Waals surface area contributed by atoms with Gasteiger partial charge < -0.3 is 10.6 Å². The van der Waals surface area contributed by atoms with E-state index < -0.39 is 5.91 Å². The number of nitrogens with two attached hydrogens (primary N) is 1. The van der Waals surface area contributed by atoms with E-state index in [1.807, 2.05) is 32.0 Å². The highest BCUT2D eigenvalue weighted by Gasteiger charge is 2.24. The number of nitrogens with zero attached hydrogens (tertiary/aromatic N) is 1. The van der Waals surface area contributed by atoms with Gasteiger partial charge in [-0.3, -0.25) is 9.59 Å². The van der Waals surface area contributed by atoms with E-state index in [1.54, 1.807) is 23.1 Å². The Labute approximate surface area is 154 Å². The van der Waals surface area contributed by atoms with E-state index >= 15 is 0 Å². The molecule has 1 aliphatic heterocycles. The molecular weight excluding hydrogens is 324 g/mol. The molecule has 0 radical (unpaired) electrons. The molecule has 134 valence electrons. The largest absolute Gasteiger partial charge is 0.366 e. The second-order valence-corrected chi connectivity index (χ2v) is 6.65. The molecule has 1 heterocycles. The van der Waals surface area contributed by atoms with Crippen LogP contribution < -0.4 is 10.6 Å². The van der Waals surface area contributed by atoms with Crippen molar-refractivity contribution < 1.29 is 9.59 Å². The minimum absolute atomic E-state index is 0.0509. The smallest absolute Gasteiger partial charge is 0.251 e. The van der Waals surface area contributed by atoms with Crippen molar-refractivity contribution in [2.24, 2.45) is 5.73 Å². The molecule has 0 bridgehead atoms. The van der Waals surface area contributed by atoms with Crippen LogP contribution in [0.3, 0.4) is 0 Å². The van der Waals surface area contributed by atoms with Crippen LogP contribution in [0, 0.1) is 6.92 Å². The van der Waals surface area contributed by atoms with Gasteiger partial charge in [-0.15, -0.1) is 0 Å². The average Bonchev–Trinajstić information content (AvgIpc) is 2.65. The minimum atomic E-state index is -0.444. The Morgan fingerprint density at radius 2 is 1.88 bits per heavy atom. The number of hydrogen-bond acceptors (Lipinski definition) is 2. The van der Waals surface area contributed by atoms with E-state index in [0.717, 1.165) is 41.6 Å². The first-order valence-electron chi connectivity index (χ1n) is 9.02. The highest BCUT2D eigenvalue weighted by atomic mass is 16.2. The van der Waals surface area contributed by atoms with Crippen molar-refractivity contribution in [3.05, 3.63) is 70.8 Å². The highest BCUT2D eigenvalue weighted by Crippen LogP contribution is 2.30. The zero-order valence-corrected chi connectivity index (χ0v) is 15.3. The molecule has 2 aromatic carbocycles. The third-order valence-corrected chi connectivity index (χ3v) is 4.88. The number of fused-ring (bicyclic) bond motifs is 1. The Hall–Kier alpha value is -2.88. The monoisotopic (exact) mass is 348 g/mol. The third-order valence-electron chi connectivity index (χ3n) is 4.88. The van der Waals surface area contributed by atoms with E-state index in [1.165, 1.54) is 5.56 Å². The summed E-state index contributed by atoms with van der Waals surface area (Å²) in [5.41, 5.74) is 10.9. The topological polar surface area (TPSA) is 63.4 Å². The molecule has 2 N–H and O–H groups in total. The lowest BCUT2D eigenvalue weighted by atomic mass is 9.95. The lowest BCUT2D eigenvalue weighted by Crippen LogP contribution is -2.35. The number of rotatable bonds is 4. The number of hydrogen-bond donors (Lipinski definition) is 1. The molecule has 0 saturated carbocycles. The lowest BCUT2D eigenvalue weighted by Gasteiger charge is -2.30. The summed E-state index contributed by atoms with van der Waals surface area (Å²) in [5, 5.41) is 0. The molecule has 0 saturated heterocycles. The third kappa shape index (κ3) is 3.54. The number of carbonyl (C=O) groups excluding carboxylic acids is 2. The van der Waals surface area contributed by atoms with Gasteiger partial charge in [0.2, 0.25) is 5.91 Å². The molecule has 4 nitrogen and oxygen atoms in total. The first kappa shape index (κ1) is 17.9. The number of primary amides is 1. The Morgan fingerprint density at radius 3 is 2.54 bits per heavy atom. The molecule has 0 spiro atoms. The molecule has 0 unspecified atom stereocenters. The van der Waals surface area contributed by atoms with Crippen LogP contribution in [-0.4, -0.2) is 18.4 Å². The summed E-state index contributed by atoms with van der Waals surface area (Å²) in [6, 6.07) is 13.6. The van der Waals surface area contributed by atoms with E-state index in [0.29, 0.717) is 12.1 Å². The summed E-state index contributed by atoms with van der Waals surface area (Å²) in [7, 11) is 0. The minimum Gasteiger partial charge on any atom is -0.366 e. The van der Waals surface area contributed by atoms with Crippen LogP contribution in [0.2, 0.25) is 0 Å². The zero-order chi connectivity index (χ0) is 18.7. The second kappa shape index (κ2) is 7.56. The van der Waals surface area contributed by atoms with Crippen LogP contribution in [0.4, 0.5) is 5.69 Å². The Morgan fingerprint density at radius 1 is 1.15 bits per heavy atom. The quantitative estimate of drug-likeness (QED) is 0.853. The molecule has 1 aliphatic rings. The van der Waals surface area contributed by atoms with E-state index in [-0.39, 0.29) is 5.91 Å². The average molecular weight is 348 g/mol. The molecule has 0 atom stereocenters. The number of amides is 2. The molecule has 4 heteroatoms. The van der Waals surface area contributed by atoms with Crippen molar-refractivity contribution >= 4 is 23.1 Å². The molecule has 26 heavy (non-hydrogen) atoms. The van der Waals surface area contributed by atoms with Gasteiger partial charge in [0, 0.05) is 23.9 Å². The normalized spacial score (nSPS) is 14.1. The van der Waals surface area contributed by atoms with Crippen LogP contribution in [0.25, 0.3) is 5.57 Å². The van der Waals surface area contributed by atoms with E-state index in [9.17, 15) is 9.59 Å². The van der Waals surface area contributed by atoms with Gasteiger partial charge in [0.25, 0.3) is 5.91 Å². The standard InChI is InChI=1S/C22H24N2O2/c1-3-16(17-11-9-15(2)10-12-17)14-21(25)24-13-5-7-18-19(22(23)26)6-4-8-20(18)24/h4,6,8-12,14H,3,5,7,13H2,1-2H3,(H2,23,26)/b16-14-. The van der Waals surface area contributed by atoms with E-state index in [2.05, 4.69) is 12.1 Å². The van der Waals surface area contributed by atoms with E-state index in [4.69, 9.17) is 5.73 Å². The fraction of sp³-hybridized carbons (Fsp3) is 0.273. The van der Waals surface area contributed by atoms with Gasteiger partial charge in [0.05, 0.1) is 0 Å². The van der Waals surface area contributed by atoms with Crippen LogP contribution in [-0.2, 0) is 11.2 Å². The van der Waals surface area contributed by atoms with Gasteiger partial charge in [-0.1, -0.05) is 42.8 Å². The molecule has 3 rings (SSSR count). The molecule has 0 fully saturated rings. The summed E-state index contributed by atoms with van der Waals surface area (Å²) in [6.07, 6.45) is 4.08. The molecule has 0 aliphatic carbocycles. The van der Waals surface area contributed by atoms with Crippen LogP contribution in [0.1, 0.15) is 46.8 Å². The van der Waals surface area contributed by atoms with Gasteiger partial charge in [-0.25, -0.2) is 0 Å². The fourth-order valence-electron chi connectivity index (χ4n) is 3.47. The summed E-state index contributed by atoms with van der Waals surface area (Å²) >= 11 is 0. The Balaban J connectivity index is 1.95. The van der Waals surface area contributed by atoms with Crippen molar-refractivity contribution in [1.29, 1.82) is 0 Å². The van der Waals surface area contributed by atoms with Gasteiger partial charge in [0.15, 0.2) is 0 Å². The number of benzene rings is 2. The highest BCUT2D eigenvalue weighted by molar-refractivity contribution is 6.07. The molecule has 2 amide bonds. The molecule has 0 aromatic heterocycles. The fourth-order valence-corrected chi connectivity index (χ4v) is 3.47. The number of anilines is 1. The Kier molecular flexibility index (Phi) is 5.21. The van der Waals surface area contributed by atoms with Crippen LogP contribution in [0.15, 0.2) is 48.5 Å². The van der Waals surface area contributed by atoms with Crippen molar-refractivity contribution in [3.63, 3.8) is 0 Å². The van der Waals surface area contributed by atoms with Gasteiger partial charge >= 0.3 is 0 Å². The zero-order valence-electron chi connectivity index (χ0n) is 15.3. The number of aryl methyl sites for hydroxylation is 1. The first-order valence-corrected chi connectivity index (χ1v) is 9.02.